The Morgan fingerprint density at radius 2 is 2.00 bits per heavy atom. The van der Waals surface area contributed by atoms with Gasteiger partial charge in [0, 0.05) is 29.1 Å². The van der Waals surface area contributed by atoms with Crippen molar-refractivity contribution in [2.75, 3.05) is 7.05 Å². The molecule has 0 spiro atoms. The third-order valence-corrected chi connectivity index (χ3v) is 3.96. The number of likely N-dealkylation sites (N-methyl/N-ethyl adjacent to an activating group) is 1. The highest BCUT2D eigenvalue weighted by Crippen LogP contribution is 2.29. The predicted molar refractivity (Wildman–Crippen MR) is 67.6 cm³/mol. The molecule has 84 valence electrons. The molecular weight excluding hydrogens is 196 g/mol. The van der Waals surface area contributed by atoms with E-state index in [9.17, 15) is 0 Å². The molecule has 1 aromatic carbocycles. The standard InChI is InChI=1S/C14H18N2/c1-10-8-14-11(2)12-6-4-5-7-13(12)16(14)9-15(10)3/h4-7,10H,8-9H2,1-3H3. The summed E-state index contributed by atoms with van der Waals surface area (Å²) in [6, 6.07) is 9.38. The van der Waals surface area contributed by atoms with Gasteiger partial charge in [-0.15, -0.1) is 0 Å². The van der Waals surface area contributed by atoms with Gasteiger partial charge in [-0.25, -0.2) is 0 Å². The van der Waals surface area contributed by atoms with Crippen LogP contribution in [-0.4, -0.2) is 22.6 Å². The lowest BCUT2D eigenvalue weighted by Crippen LogP contribution is -2.38. The molecule has 2 nitrogen and oxygen atoms in total. The predicted octanol–water partition coefficient (Wildman–Crippen LogP) is 2.78. The fraction of sp³-hybridized carbons (Fsp3) is 0.429. The minimum Gasteiger partial charge on any atom is -0.331 e. The highest BCUT2D eigenvalue weighted by atomic mass is 15.3. The van der Waals surface area contributed by atoms with Crippen molar-refractivity contribution in [3.63, 3.8) is 0 Å². The van der Waals surface area contributed by atoms with Gasteiger partial charge in [-0.3, -0.25) is 4.90 Å². The summed E-state index contributed by atoms with van der Waals surface area (Å²) in [5, 5.41) is 1.42. The summed E-state index contributed by atoms with van der Waals surface area (Å²) in [6.45, 7) is 5.58. The Hall–Kier alpha value is -1.28. The number of rotatable bonds is 0. The van der Waals surface area contributed by atoms with Gasteiger partial charge in [-0.2, -0.15) is 0 Å². The van der Waals surface area contributed by atoms with Crippen LogP contribution in [0.4, 0.5) is 0 Å². The molecule has 1 aliphatic rings. The molecule has 0 bridgehead atoms. The van der Waals surface area contributed by atoms with Crippen LogP contribution in [0.2, 0.25) is 0 Å². The Balaban J connectivity index is 2.28. The molecule has 2 heteroatoms. The molecule has 2 aromatic rings. The number of para-hydroxylation sites is 1. The Kier molecular flexibility index (Phi) is 2.08. The first-order valence-electron chi connectivity index (χ1n) is 5.95. The highest BCUT2D eigenvalue weighted by molar-refractivity contribution is 5.85. The summed E-state index contributed by atoms with van der Waals surface area (Å²) in [7, 11) is 2.21. The van der Waals surface area contributed by atoms with Gasteiger partial charge < -0.3 is 4.57 Å². The van der Waals surface area contributed by atoms with Crippen molar-refractivity contribution in [2.24, 2.45) is 0 Å². The SMILES string of the molecule is Cc1c2n(c3ccccc13)CN(C)C(C)C2. The first-order chi connectivity index (χ1) is 7.68. The van der Waals surface area contributed by atoms with Gasteiger partial charge in [0.25, 0.3) is 0 Å². The average Bonchev–Trinajstić information content (AvgIpc) is 2.55. The van der Waals surface area contributed by atoms with Crippen LogP contribution < -0.4 is 0 Å². The fourth-order valence-corrected chi connectivity index (χ4v) is 2.75. The lowest BCUT2D eigenvalue weighted by atomic mass is 10.1. The van der Waals surface area contributed by atoms with Crippen LogP contribution in [0.5, 0.6) is 0 Å². The van der Waals surface area contributed by atoms with Gasteiger partial charge >= 0.3 is 0 Å². The lowest BCUT2D eigenvalue weighted by molar-refractivity contribution is 0.177. The van der Waals surface area contributed by atoms with E-state index >= 15 is 0 Å². The number of fused-ring (bicyclic) bond motifs is 3. The van der Waals surface area contributed by atoms with Crippen LogP contribution in [-0.2, 0) is 13.1 Å². The molecule has 2 heterocycles. The molecule has 0 fully saturated rings. The smallest absolute Gasteiger partial charge is 0.0753 e. The number of hydrogen-bond acceptors (Lipinski definition) is 1. The zero-order valence-electron chi connectivity index (χ0n) is 10.2. The van der Waals surface area contributed by atoms with Gasteiger partial charge in [-0.05, 0) is 32.5 Å². The molecule has 16 heavy (non-hydrogen) atoms. The van der Waals surface area contributed by atoms with Crippen LogP contribution in [0, 0.1) is 6.92 Å². The van der Waals surface area contributed by atoms with Crippen molar-refractivity contribution in [2.45, 2.75) is 33.0 Å². The Bertz CT molecular complexity index is 539. The Morgan fingerprint density at radius 3 is 2.81 bits per heavy atom. The summed E-state index contributed by atoms with van der Waals surface area (Å²) in [5.74, 6) is 0. The number of aryl methyl sites for hydroxylation is 1. The number of hydrogen-bond donors (Lipinski definition) is 0. The lowest BCUT2D eigenvalue weighted by Gasteiger charge is -2.32. The molecule has 1 aromatic heterocycles. The van der Waals surface area contributed by atoms with Crippen LogP contribution >= 0.6 is 0 Å². The number of aromatic nitrogens is 1. The molecule has 3 rings (SSSR count). The van der Waals surface area contributed by atoms with Gasteiger partial charge in [-0.1, -0.05) is 18.2 Å². The van der Waals surface area contributed by atoms with Gasteiger partial charge in [0.05, 0.1) is 6.67 Å². The van der Waals surface area contributed by atoms with E-state index in [1.54, 1.807) is 0 Å². The van der Waals surface area contributed by atoms with Crippen LogP contribution in [0.15, 0.2) is 24.3 Å². The van der Waals surface area contributed by atoms with E-state index in [1.165, 1.54) is 22.2 Å². The van der Waals surface area contributed by atoms with Crippen molar-refractivity contribution >= 4 is 10.9 Å². The monoisotopic (exact) mass is 214 g/mol. The molecule has 0 amide bonds. The third-order valence-electron chi connectivity index (χ3n) is 3.96. The second kappa shape index (κ2) is 3.36. The van der Waals surface area contributed by atoms with Crippen molar-refractivity contribution in [3.05, 3.63) is 35.5 Å². The van der Waals surface area contributed by atoms with E-state index in [-0.39, 0.29) is 0 Å². The van der Waals surface area contributed by atoms with Crippen molar-refractivity contribution in [1.82, 2.24) is 9.47 Å². The summed E-state index contributed by atoms with van der Waals surface area (Å²) in [5.41, 5.74) is 4.37. The summed E-state index contributed by atoms with van der Waals surface area (Å²) >= 11 is 0. The highest BCUT2D eigenvalue weighted by Gasteiger charge is 2.23. The first kappa shape index (κ1) is 9.91. The second-order valence-corrected chi connectivity index (χ2v) is 4.97. The molecule has 1 atom stereocenters. The average molecular weight is 214 g/mol. The largest absolute Gasteiger partial charge is 0.331 e. The zero-order valence-corrected chi connectivity index (χ0v) is 10.2. The molecule has 0 aliphatic carbocycles. The fourth-order valence-electron chi connectivity index (χ4n) is 2.75. The van der Waals surface area contributed by atoms with Gasteiger partial charge in [0.1, 0.15) is 0 Å². The normalized spacial score (nSPS) is 21.3. The maximum absolute atomic E-state index is 2.46. The third kappa shape index (κ3) is 1.23. The maximum atomic E-state index is 2.46. The van der Waals surface area contributed by atoms with Crippen LogP contribution in [0.1, 0.15) is 18.2 Å². The molecule has 0 N–H and O–H groups in total. The minimum atomic E-state index is 0.649. The minimum absolute atomic E-state index is 0.649. The quantitative estimate of drug-likeness (QED) is 0.654. The van der Waals surface area contributed by atoms with E-state index in [4.69, 9.17) is 0 Å². The molecule has 0 saturated heterocycles. The molecular formula is C14H18N2. The second-order valence-electron chi connectivity index (χ2n) is 4.97. The van der Waals surface area contributed by atoms with E-state index in [0.717, 1.165) is 13.1 Å². The van der Waals surface area contributed by atoms with E-state index in [0.29, 0.717) is 6.04 Å². The number of nitrogens with zero attached hydrogens (tertiary/aromatic N) is 2. The van der Waals surface area contributed by atoms with Gasteiger partial charge in [0.2, 0.25) is 0 Å². The van der Waals surface area contributed by atoms with E-state index in [2.05, 4.69) is 54.6 Å². The van der Waals surface area contributed by atoms with E-state index < -0.39 is 0 Å². The molecule has 0 radical (unpaired) electrons. The molecule has 1 aliphatic heterocycles. The Morgan fingerprint density at radius 1 is 1.25 bits per heavy atom. The van der Waals surface area contributed by atoms with Crippen LogP contribution in [0.3, 0.4) is 0 Å². The van der Waals surface area contributed by atoms with Crippen molar-refractivity contribution in [3.8, 4) is 0 Å². The number of benzene rings is 1. The first-order valence-corrected chi connectivity index (χ1v) is 5.95. The van der Waals surface area contributed by atoms with Crippen molar-refractivity contribution in [1.29, 1.82) is 0 Å². The topological polar surface area (TPSA) is 8.17 Å². The molecule has 0 saturated carbocycles. The summed E-state index contributed by atoms with van der Waals surface area (Å²) in [6.07, 6.45) is 1.16. The van der Waals surface area contributed by atoms with Crippen molar-refractivity contribution < 1.29 is 0 Å². The summed E-state index contributed by atoms with van der Waals surface area (Å²) < 4.78 is 2.46. The van der Waals surface area contributed by atoms with Gasteiger partial charge in [0.15, 0.2) is 0 Å². The summed E-state index contributed by atoms with van der Waals surface area (Å²) in [4.78, 5) is 2.42. The maximum Gasteiger partial charge on any atom is 0.0753 e. The van der Waals surface area contributed by atoms with E-state index in [1.807, 2.05) is 0 Å². The molecule has 1 unspecified atom stereocenters. The Labute approximate surface area is 96.5 Å². The van der Waals surface area contributed by atoms with Crippen LogP contribution in [0.25, 0.3) is 10.9 Å². The zero-order chi connectivity index (χ0) is 11.3.